The Morgan fingerprint density at radius 3 is 2.52 bits per heavy atom. The summed E-state index contributed by atoms with van der Waals surface area (Å²) in [7, 11) is 1.81. The van der Waals surface area contributed by atoms with Crippen LogP contribution < -0.4 is 10.6 Å². The van der Waals surface area contributed by atoms with Crippen molar-refractivity contribution in [3.05, 3.63) is 57.8 Å². The van der Waals surface area contributed by atoms with Crippen LogP contribution in [0.15, 0.2) is 46.8 Å². The summed E-state index contributed by atoms with van der Waals surface area (Å²) in [5.41, 5.74) is 2.68. The van der Waals surface area contributed by atoms with Gasteiger partial charge in [0.15, 0.2) is 5.96 Å². The first-order valence-electron chi connectivity index (χ1n) is 9.53. The second-order valence-electron chi connectivity index (χ2n) is 6.99. The molecular weight excluding hydrogens is 467 g/mol. The van der Waals surface area contributed by atoms with Crippen molar-refractivity contribution in [3.8, 4) is 0 Å². The number of halogens is 1. The smallest absolute Gasteiger partial charge is 0.191 e. The zero-order valence-electron chi connectivity index (χ0n) is 16.3. The molecule has 1 aromatic carbocycles. The van der Waals surface area contributed by atoms with Gasteiger partial charge >= 0.3 is 0 Å². The Hall–Kier alpha value is -1.12. The maximum atomic E-state index is 4.30. The SMILES string of the molecule is CN=C(NCc1ccc(CN2CCCCC2C)cc1)NCc1cccs1.I. The van der Waals surface area contributed by atoms with E-state index in [1.807, 2.05) is 7.05 Å². The van der Waals surface area contributed by atoms with Crippen LogP contribution in [0, 0.1) is 0 Å². The van der Waals surface area contributed by atoms with E-state index in [1.54, 1.807) is 11.3 Å². The van der Waals surface area contributed by atoms with E-state index in [0.717, 1.165) is 25.6 Å². The highest BCUT2D eigenvalue weighted by Gasteiger charge is 2.17. The van der Waals surface area contributed by atoms with Gasteiger partial charge in [0.2, 0.25) is 0 Å². The number of piperidine rings is 1. The van der Waals surface area contributed by atoms with Crippen LogP contribution in [0.2, 0.25) is 0 Å². The molecule has 1 atom stereocenters. The molecule has 0 amide bonds. The van der Waals surface area contributed by atoms with Gasteiger partial charge in [0.05, 0.1) is 6.54 Å². The molecule has 2 heterocycles. The molecule has 6 heteroatoms. The first-order valence-corrected chi connectivity index (χ1v) is 10.4. The van der Waals surface area contributed by atoms with Crippen LogP contribution in [0.5, 0.6) is 0 Å². The third-order valence-corrected chi connectivity index (χ3v) is 5.92. The zero-order chi connectivity index (χ0) is 18.2. The topological polar surface area (TPSA) is 39.7 Å². The van der Waals surface area contributed by atoms with Gasteiger partial charge in [0.1, 0.15) is 0 Å². The van der Waals surface area contributed by atoms with Crippen LogP contribution >= 0.6 is 35.3 Å². The summed E-state index contributed by atoms with van der Waals surface area (Å²) in [5, 5.41) is 8.84. The fourth-order valence-corrected chi connectivity index (χ4v) is 4.02. The fraction of sp³-hybridized carbons (Fsp3) is 0.476. The number of likely N-dealkylation sites (tertiary alicyclic amines) is 1. The summed E-state index contributed by atoms with van der Waals surface area (Å²) in [6, 6.07) is 13.9. The van der Waals surface area contributed by atoms with Gasteiger partial charge in [-0.2, -0.15) is 0 Å². The first kappa shape index (κ1) is 22.2. The van der Waals surface area contributed by atoms with Crippen LogP contribution in [0.4, 0.5) is 0 Å². The predicted octanol–water partition coefficient (Wildman–Crippen LogP) is 4.61. The van der Waals surface area contributed by atoms with Crippen LogP contribution in [0.1, 0.15) is 42.2 Å². The van der Waals surface area contributed by atoms with Crippen molar-refractivity contribution in [2.24, 2.45) is 4.99 Å². The normalized spacial score (nSPS) is 18.0. The summed E-state index contributed by atoms with van der Waals surface area (Å²) in [5.74, 6) is 0.838. The number of nitrogens with zero attached hydrogens (tertiary/aromatic N) is 2. The number of guanidine groups is 1. The van der Waals surface area contributed by atoms with Gasteiger partial charge in [0.25, 0.3) is 0 Å². The van der Waals surface area contributed by atoms with Crippen molar-refractivity contribution in [1.29, 1.82) is 0 Å². The number of hydrogen-bond acceptors (Lipinski definition) is 3. The Labute approximate surface area is 184 Å². The van der Waals surface area contributed by atoms with Crippen molar-refractivity contribution in [3.63, 3.8) is 0 Å². The lowest BCUT2D eigenvalue weighted by Crippen LogP contribution is -2.36. The third-order valence-electron chi connectivity index (χ3n) is 5.04. The monoisotopic (exact) mass is 498 g/mol. The third kappa shape index (κ3) is 7.08. The number of aliphatic imine (C=N–C) groups is 1. The summed E-state index contributed by atoms with van der Waals surface area (Å²) in [6.45, 7) is 6.25. The van der Waals surface area contributed by atoms with E-state index >= 15 is 0 Å². The van der Waals surface area contributed by atoms with Gasteiger partial charge in [0, 0.05) is 31.1 Å². The molecule has 0 saturated carbocycles. The Kier molecular flexibility index (Phi) is 9.58. The van der Waals surface area contributed by atoms with E-state index in [9.17, 15) is 0 Å². The molecule has 2 aromatic rings. The molecule has 0 aliphatic carbocycles. The van der Waals surface area contributed by atoms with E-state index in [2.05, 4.69) is 69.2 Å². The van der Waals surface area contributed by atoms with Gasteiger partial charge in [-0.3, -0.25) is 9.89 Å². The number of rotatable bonds is 6. The molecule has 4 nitrogen and oxygen atoms in total. The molecule has 1 aliphatic heterocycles. The van der Waals surface area contributed by atoms with Crippen LogP contribution in [-0.2, 0) is 19.6 Å². The average Bonchev–Trinajstić information content (AvgIpc) is 3.18. The maximum absolute atomic E-state index is 4.30. The molecule has 3 rings (SSSR count). The summed E-state index contributed by atoms with van der Waals surface area (Å²) < 4.78 is 0. The zero-order valence-corrected chi connectivity index (χ0v) is 19.4. The first-order chi connectivity index (χ1) is 12.7. The van der Waals surface area contributed by atoms with Gasteiger partial charge in [-0.05, 0) is 48.9 Å². The highest BCUT2D eigenvalue weighted by molar-refractivity contribution is 14.0. The molecule has 27 heavy (non-hydrogen) atoms. The number of nitrogens with one attached hydrogen (secondary N) is 2. The minimum absolute atomic E-state index is 0. The molecule has 1 unspecified atom stereocenters. The quantitative estimate of drug-likeness (QED) is 0.347. The lowest BCUT2D eigenvalue weighted by Gasteiger charge is -2.33. The second kappa shape index (κ2) is 11.7. The molecule has 0 spiro atoms. The lowest BCUT2D eigenvalue weighted by molar-refractivity contribution is 0.152. The molecule has 0 bridgehead atoms. The fourth-order valence-electron chi connectivity index (χ4n) is 3.38. The maximum Gasteiger partial charge on any atom is 0.191 e. The summed E-state index contributed by atoms with van der Waals surface area (Å²) in [4.78, 5) is 8.21. The highest BCUT2D eigenvalue weighted by atomic mass is 127. The standard InChI is InChI=1S/C21H30N4S.HI/c1-17-6-3-4-12-25(17)16-19-10-8-18(9-11-19)14-23-21(22-2)24-15-20-7-5-13-26-20;/h5,7-11,13,17H,3-4,6,12,14-16H2,1-2H3,(H2,22,23,24);1H. The molecule has 1 fully saturated rings. The molecule has 2 N–H and O–H groups in total. The predicted molar refractivity (Wildman–Crippen MR) is 127 cm³/mol. The molecule has 148 valence electrons. The molecule has 1 aliphatic rings. The van der Waals surface area contributed by atoms with Gasteiger partial charge in [-0.25, -0.2) is 0 Å². The van der Waals surface area contributed by atoms with Crippen LogP contribution in [0.3, 0.4) is 0 Å². The van der Waals surface area contributed by atoms with E-state index in [-0.39, 0.29) is 24.0 Å². The number of benzene rings is 1. The Morgan fingerprint density at radius 1 is 1.11 bits per heavy atom. The van der Waals surface area contributed by atoms with Gasteiger partial charge in [-0.1, -0.05) is 36.8 Å². The molecule has 0 radical (unpaired) electrons. The number of hydrogen-bond donors (Lipinski definition) is 2. The molecule has 1 aromatic heterocycles. The minimum atomic E-state index is 0. The summed E-state index contributed by atoms with van der Waals surface area (Å²) >= 11 is 1.76. The van der Waals surface area contributed by atoms with Crippen molar-refractivity contribution in [2.75, 3.05) is 13.6 Å². The Morgan fingerprint density at radius 2 is 1.85 bits per heavy atom. The van der Waals surface area contributed by atoms with Gasteiger partial charge in [-0.15, -0.1) is 35.3 Å². The van der Waals surface area contributed by atoms with E-state index in [0.29, 0.717) is 6.04 Å². The Bertz CT molecular complexity index is 685. The van der Waals surface area contributed by atoms with Crippen LogP contribution in [0.25, 0.3) is 0 Å². The minimum Gasteiger partial charge on any atom is -0.352 e. The highest BCUT2D eigenvalue weighted by Crippen LogP contribution is 2.19. The van der Waals surface area contributed by atoms with Crippen molar-refractivity contribution >= 4 is 41.3 Å². The number of thiophene rings is 1. The Balaban J connectivity index is 0.00000261. The van der Waals surface area contributed by atoms with E-state index < -0.39 is 0 Å². The summed E-state index contributed by atoms with van der Waals surface area (Å²) in [6.07, 6.45) is 4.05. The van der Waals surface area contributed by atoms with Crippen molar-refractivity contribution < 1.29 is 0 Å². The van der Waals surface area contributed by atoms with E-state index in [1.165, 1.54) is 41.8 Å². The lowest BCUT2D eigenvalue weighted by atomic mass is 10.0. The molecule has 1 saturated heterocycles. The largest absolute Gasteiger partial charge is 0.352 e. The van der Waals surface area contributed by atoms with Crippen molar-refractivity contribution in [2.45, 2.75) is 51.9 Å². The second-order valence-corrected chi connectivity index (χ2v) is 8.02. The van der Waals surface area contributed by atoms with Crippen molar-refractivity contribution in [1.82, 2.24) is 15.5 Å². The van der Waals surface area contributed by atoms with Gasteiger partial charge < -0.3 is 10.6 Å². The molecular formula is C21H31IN4S. The average molecular weight is 498 g/mol. The van der Waals surface area contributed by atoms with Crippen LogP contribution in [-0.4, -0.2) is 30.5 Å². The van der Waals surface area contributed by atoms with E-state index in [4.69, 9.17) is 0 Å².